The van der Waals surface area contributed by atoms with Crippen molar-refractivity contribution >= 4 is 0 Å². The van der Waals surface area contributed by atoms with Gasteiger partial charge >= 0.3 is 0 Å². The first kappa shape index (κ1) is 26.0. The Bertz CT molecular complexity index is 1200. The lowest BCUT2D eigenvalue weighted by Gasteiger charge is -2.62. The molecule has 0 heterocycles. The maximum atomic E-state index is 2.55. The highest BCUT2D eigenvalue weighted by molar-refractivity contribution is 5.46. The van der Waals surface area contributed by atoms with E-state index in [2.05, 4.69) is 170 Å². The molecule has 4 aromatic rings. The molecule has 0 nitrogen and oxygen atoms in total. The minimum absolute atomic E-state index is 0.0626. The summed E-state index contributed by atoms with van der Waals surface area (Å²) in [4.78, 5) is 0. The Hall–Kier alpha value is -3.12. The van der Waals surface area contributed by atoms with Crippen LogP contribution in [0.4, 0.5) is 0 Å². The number of rotatable bonds is 8. The number of benzene rings is 4. The maximum Gasteiger partial charge on any atom is 0.0239 e. The standard InChI is InChI=1S/C36H42/c1-28(33(2,3)29-20-12-8-13-21-29)36(7,34(4,5)30-22-14-9-15-23-30)35(6,31-24-16-10-17-25-31)32-26-18-11-19-27-32/h8-28H,1-7H3. The third-order valence-electron chi connectivity index (χ3n) is 10.0. The summed E-state index contributed by atoms with van der Waals surface area (Å²) in [7, 11) is 0. The second-order valence-corrected chi connectivity index (χ2v) is 11.9. The highest BCUT2D eigenvalue weighted by atomic mass is 14.6. The fraction of sp³-hybridized carbons (Fsp3) is 0.333. The van der Waals surface area contributed by atoms with Gasteiger partial charge in [0, 0.05) is 5.41 Å². The molecule has 36 heavy (non-hydrogen) atoms. The van der Waals surface area contributed by atoms with Gasteiger partial charge in [-0.2, -0.15) is 0 Å². The fourth-order valence-electron chi connectivity index (χ4n) is 6.90. The van der Waals surface area contributed by atoms with Crippen molar-refractivity contribution < 1.29 is 0 Å². The topological polar surface area (TPSA) is 0 Å². The summed E-state index contributed by atoms with van der Waals surface area (Å²) in [6.07, 6.45) is 0. The second kappa shape index (κ2) is 9.74. The lowest BCUT2D eigenvalue weighted by Crippen LogP contribution is -2.60. The predicted molar refractivity (Wildman–Crippen MR) is 156 cm³/mol. The molecular weight excluding hydrogens is 432 g/mol. The zero-order chi connectivity index (χ0) is 26.0. The molecule has 0 fully saturated rings. The van der Waals surface area contributed by atoms with Crippen LogP contribution in [0.25, 0.3) is 0 Å². The van der Waals surface area contributed by atoms with E-state index in [-0.39, 0.29) is 21.7 Å². The zero-order valence-electron chi connectivity index (χ0n) is 23.1. The quantitative estimate of drug-likeness (QED) is 0.238. The Morgan fingerprint density at radius 1 is 0.417 bits per heavy atom. The van der Waals surface area contributed by atoms with Crippen LogP contribution in [-0.4, -0.2) is 0 Å². The summed E-state index contributed by atoms with van der Waals surface area (Å²) in [5, 5.41) is 0. The third kappa shape index (κ3) is 4.01. The second-order valence-electron chi connectivity index (χ2n) is 11.9. The van der Waals surface area contributed by atoms with Crippen LogP contribution in [0, 0.1) is 11.3 Å². The molecule has 0 saturated heterocycles. The summed E-state index contributed by atoms with van der Waals surface area (Å²) in [6, 6.07) is 44.6. The Morgan fingerprint density at radius 2 is 0.722 bits per heavy atom. The van der Waals surface area contributed by atoms with Crippen molar-refractivity contribution in [1.82, 2.24) is 0 Å². The van der Waals surface area contributed by atoms with Gasteiger partial charge in [0.1, 0.15) is 0 Å². The fourth-order valence-corrected chi connectivity index (χ4v) is 6.90. The summed E-state index contributed by atoms with van der Waals surface area (Å²) in [5.41, 5.74) is 4.81. The molecule has 0 radical (unpaired) electrons. The number of hydrogen-bond donors (Lipinski definition) is 0. The van der Waals surface area contributed by atoms with Gasteiger partial charge in [0.25, 0.3) is 0 Å². The smallest absolute Gasteiger partial charge is 0.0239 e. The van der Waals surface area contributed by atoms with Crippen LogP contribution in [-0.2, 0) is 16.2 Å². The molecule has 186 valence electrons. The van der Waals surface area contributed by atoms with Crippen molar-refractivity contribution in [2.24, 2.45) is 11.3 Å². The van der Waals surface area contributed by atoms with Crippen molar-refractivity contribution in [2.45, 2.75) is 64.7 Å². The van der Waals surface area contributed by atoms with Gasteiger partial charge in [-0.1, -0.05) is 170 Å². The summed E-state index contributed by atoms with van der Waals surface area (Å²) >= 11 is 0. The highest BCUT2D eigenvalue weighted by Gasteiger charge is 2.61. The van der Waals surface area contributed by atoms with Crippen LogP contribution in [0.2, 0.25) is 0 Å². The Labute approximate surface area is 219 Å². The lowest BCUT2D eigenvalue weighted by molar-refractivity contribution is -0.0140. The van der Waals surface area contributed by atoms with Crippen LogP contribution in [0.1, 0.15) is 70.7 Å². The van der Waals surface area contributed by atoms with E-state index in [1.807, 2.05) is 0 Å². The molecule has 0 aliphatic heterocycles. The molecule has 4 rings (SSSR count). The minimum atomic E-state index is -0.264. The van der Waals surface area contributed by atoms with Gasteiger partial charge in [-0.05, 0) is 44.4 Å². The molecule has 0 spiro atoms. The average molecular weight is 475 g/mol. The Morgan fingerprint density at radius 3 is 1.08 bits per heavy atom. The summed E-state index contributed by atoms with van der Waals surface area (Å²) in [6.45, 7) is 17.3. The largest absolute Gasteiger partial charge is 0.0622 e. The van der Waals surface area contributed by atoms with E-state index in [9.17, 15) is 0 Å². The Balaban J connectivity index is 2.08. The van der Waals surface area contributed by atoms with E-state index < -0.39 is 0 Å². The van der Waals surface area contributed by atoms with E-state index in [1.165, 1.54) is 22.3 Å². The van der Waals surface area contributed by atoms with Gasteiger partial charge in [-0.3, -0.25) is 0 Å². The molecule has 0 bridgehead atoms. The van der Waals surface area contributed by atoms with Crippen molar-refractivity contribution in [3.05, 3.63) is 144 Å². The molecule has 0 N–H and O–H groups in total. The van der Waals surface area contributed by atoms with Crippen LogP contribution in [0.5, 0.6) is 0 Å². The molecule has 4 aromatic carbocycles. The SMILES string of the molecule is CC(C(C)(C)c1ccccc1)C(C)(C(C)(C)c1ccccc1)C(C)(c1ccccc1)c1ccccc1. The average Bonchev–Trinajstić information content (AvgIpc) is 2.93. The van der Waals surface area contributed by atoms with E-state index in [4.69, 9.17) is 0 Å². The van der Waals surface area contributed by atoms with Crippen LogP contribution in [0.15, 0.2) is 121 Å². The molecule has 0 amide bonds. The van der Waals surface area contributed by atoms with Crippen LogP contribution < -0.4 is 0 Å². The van der Waals surface area contributed by atoms with E-state index in [0.29, 0.717) is 5.92 Å². The first-order valence-corrected chi connectivity index (χ1v) is 13.3. The molecule has 2 atom stereocenters. The molecule has 0 aliphatic carbocycles. The summed E-state index contributed by atoms with van der Waals surface area (Å²) in [5.74, 6) is 0.313. The normalized spacial score (nSPS) is 15.2. The van der Waals surface area contributed by atoms with E-state index in [1.54, 1.807) is 0 Å². The van der Waals surface area contributed by atoms with Gasteiger partial charge in [-0.25, -0.2) is 0 Å². The zero-order valence-corrected chi connectivity index (χ0v) is 23.1. The number of hydrogen-bond acceptors (Lipinski definition) is 0. The van der Waals surface area contributed by atoms with Gasteiger partial charge in [0.2, 0.25) is 0 Å². The van der Waals surface area contributed by atoms with Crippen LogP contribution >= 0.6 is 0 Å². The highest BCUT2D eigenvalue weighted by Crippen LogP contribution is 2.64. The maximum absolute atomic E-state index is 2.55. The van der Waals surface area contributed by atoms with E-state index in [0.717, 1.165) is 0 Å². The Kier molecular flexibility index (Phi) is 7.02. The van der Waals surface area contributed by atoms with Gasteiger partial charge < -0.3 is 0 Å². The molecule has 0 aliphatic rings. The van der Waals surface area contributed by atoms with Gasteiger partial charge in [0.15, 0.2) is 0 Å². The van der Waals surface area contributed by atoms with Gasteiger partial charge in [-0.15, -0.1) is 0 Å². The molecule has 2 unspecified atom stereocenters. The molecule has 0 aromatic heterocycles. The first-order chi connectivity index (χ1) is 17.1. The van der Waals surface area contributed by atoms with Crippen molar-refractivity contribution in [2.75, 3.05) is 0 Å². The van der Waals surface area contributed by atoms with Crippen molar-refractivity contribution in [3.8, 4) is 0 Å². The van der Waals surface area contributed by atoms with Crippen LogP contribution in [0.3, 0.4) is 0 Å². The molecule has 0 heteroatoms. The van der Waals surface area contributed by atoms with Crippen molar-refractivity contribution in [3.63, 3.8) is 0 Å². The minimum Gasteiger partial charge on any atom is -0.0622 e. The van der Waals surface area contributed by atoms with Crippen molar-refractivity contribution in [1.29, 1.82) is 0 Å². The predicted octanol–water partition coefficient (Wildman–Crippen LogP) is 9.59. The first-order valence-electron chi connectivity index (χ1n) is 13.3. The monoisotopic (exact) mass is 474 g/mol. The third-order valence-corrected chi connectivity index (χ3v) is 10.0. The lowest BCUT2D eigenvalue weighted by atomic mass is 9.40. The van der Waals surface area contributed by atoms with E-state index >= 15 is 0 Å². The molecular formula is C36H42. The molecule has 0 saturated carbocycles. The van der Waals surface area contributed by atoms with Gasteiger partial charge in [0.05, 0.1) is 0 Å². The summed E-state index contributed by atoms with van der Waals surface area (Å²) < 4.78 is 0.